The molecule has 1 aromatic carbocycles. The monoisotopic (exact) mass is 265 g/mol. The Morgan fingerprint density at radius 1 is 1.16 bits per heavy atom. The van der Waals surface area contributed by atoms with Crippen molar-refractivity contribution in [1.82, 2.24) is 4.98 Å². The van der Waals surface area contributed by atoms with Gasteiger partial charge in [0.2, 0.25) is 0 Å². The molecule has 0 unspecified atom stereocenters. The van der Waals surface area contributed by atoms with E-state index in [0.29, 0.717) is 0 Å². The minimum Gasteiger partial charge on any atom is -0.487 e. The fourth-order valence-corrected chi connectivity index (χ4v) is 1.46. The predicted octanol–water partition coefficient (Wildman–Crippen LogP) is 0.619. The molecule has 0 amide bonds. The molecule has 0 spiro atoms. The van der Waals surface area contributed by atoms with E-state index >= 15 is 0 Å². The molecule has 7 heteroatoms. The first-order valence-electron chi connectivity index (χ1n) is 5.44. The van der Waals surface area contributed by atoms with Gasteiger partial charge in [-0.3, -0.25) is 4.98 Å². The molecule has 1 aromatic heterocycles. The molecule has 0 bridgehead atoms. The molecule has 0 fully saturated rings. The van der Waals surface area contributed by atoms with E-state index in [2.05, 4.69) is 4.98 Å². The van der Waals surface area contributed by atoms with E-state index < -0.39 is 18.8 Å². The Labute approximate surface area is 108 Å². The van der Waals surface area contributed by atoms with Crippen molar-refractivity contribution in [3.8, 4) is 5.75 Å². The summed E-state index contributed by atoms with van der Waals surface area (Å²) in [4.78, 5) is 3.76. The summed E-state index contributed by atoms with van der Waals surface area (Å²) in [6, 6.07) is 4.56. The smallest absolute Gasteiger partial charge is 0.487 e. The molecular weight excluding hydrogens is 255 g/mol. The second kappa shape index (κ2) is 5.77. The molecule has 0 aliphatic heterocycles. The number of halogens is 2. The van der Waals surface area contributed by atoms with Gasteiger partial charge >= 0.3 is 7.12 Å². The Kier molecular flexibility index (Phi) is 4.08. The van der Waals surface area contributed by atoms with Gasteiger partial charge in [-0.05, 0) is 18.2 Å². The van der Waals surface area contributed by atoms with Gasteiger partial charge in [0, 0.05) is 23.3 Å². The van der Waals surface area contributed by atoms with E-state index in [4.69, 9.17) is 14.8 Å². The zero-order chi connectivity index (χ0) is 13.8. The van der Waals surface area contributed by atoms with Crippen LogP contribution in [-0.2, 0) is 6.61 Å². The van der Waals surface area contributed by atoms with Crippen LogP contribution in [0.25, 0.3) is 0 Å². The molecule has 98 valence electrons. The number of hydrogen-bond donors (Lipinski definition) is 2. The first kappa shape index (κ1) is 13.4. The van der Waals surface area contributed by atoms with Gasteiger partial charge in [-0.15, -0.1) is 0 Å². The molecule has 0 atom stereocenters. The van der Waals surface area contributed by atoms with Gasteiger partial charge in [-0.1, -0.05) is 0 Å². The summed E-state index contributed by atoms with van der Waals surface area (Å²) in [7, 11) is -1.65. The Bertz CT molecular complexity index is 581. The van der Waals surface area contributed by atoms with Crippen LogP contribution in [0.1, 0.15) is 5.56 Å². The summed E-state index contributed by atoms with van der Waals surface area (Å²) >= 11 is 0. The van der Waals surface area contributed by atoms with Crippen LogP contribution in [0.4, 0.5) is 8.78 Å². The second-order valence-corrected chi connectivity index (χ2v) is 3.85. The minimum absolute atomic E-state index is 0.112. The summed E-state index contributed by atoms with van der Waals surface area (Å²) < 4.78 is 31.3. The highest BCUT2D eigenvalue weighted by molar-refractivity contribution is 6.58. The van der Waals surface area contributed by atoms with Crippen molar-refractivity contribution in [2.45, 2.75) is 6.61 Å². The lowest BCUT2D eigenvalue weighted by molar-refractivity contribution is 0.298. The molecule has 19 heavy (non-hydrogen) atoms. The van der Waals surface area contributed by atoms with Crippen LogP contribution in [-0.4, -0.2) is 22.2 Å². The van der Waals surface area contributed by atoms with Crippen LogP contribution in [0, 0.1) is 11.6 Å². The van der Waals surface area contributed by atoms with E-state index in [1.54, 1.807) is 0 Å². The molecular formula is C12H10BF2NO3. The van der Waals surface area contributed by atoms with Gasteiger partial charge < -0.3 is 14.8 Å². The summed E-state index contributed by atoms with van der Waals surface area (Å²) in [6.45, 7) is -0.112. The van der Waals surface area contributed by atoms with Crippen LogP contribution >= 0.6 is 0 Å². The van der Waals surface area contributed by atoms with Crippen LogP contribution in [0.5, 0.6) is 5.75 Å². The summed E-state index contributed by atoms with van der Waals surface area (Å²) in [5, 5.41) is 17.9. The van der Waals surface area contributed by atoms with Crippen molar-refractivity contribution in [1.29, 1.82) is 0 Å². The highest BCUT2D eigenvalue weighted by atomic mass is 19.1. The average molecular weight is 265 g/mol. The van der Waals surface area contributed by atoms with Gasteiger partial charge in [-0.25, -0.2) is 8.78 Å². The number of benzene rings is 1. The third-order valence-electron chi connectivity index (χ3n) is 2.44. The van der Waals surface area contributed by atoms with Crippen LogP contribution in [0.2, 0.25) is 0 Å². The van der Waals surface area contributed by atoms with Crippen LogP contribution in [0.15, 0.2) is 36.7 Å². The molecule has 4 nitrogen and oxygen atoms in total. The van der Waals surface area contributed by atoms with Crippen molar-refractivity contribution in [3.63, 3.8) is 0 Å². The van der Waals surface area contributed by atoms with E-state index in [1.807, 2.05) is 0 Å². The van der Waals surface area contributed by atoms with Crippen molar-refractivity contribution in [3.05, 3.63) is 53.9 Å². The zero-order valence-electron chi connectivity index (χ0n) is 9.75. The number of ether oxygens (including phenoxy) is 1. The molecule has 2 rings (SSSR count). The normalized spacial score (nSPS) is 10.3. The molecule has 1 heterocycles. The van der Waals surface area contributed by atoms with Crippen molar-refractivity contribution in [2.24, 2.45) is 0 Å². The van der Waals surface area contributed by atoms with Gasteiger partial charge in [-0.2, -0.15) is 0 Å². The van der Waals surface area contributed by atoms with Crippen LogP contribution < -0.4 is 10.2 Å². The SMILES string of the molecule is OB(O)c1cncc(OCc2ccc(F)cc2F)c1. The molecule has 0 aliphatic carbocycles. The maximum atomic E-state index is 13.3. The van der Waals surface area contributed by atoms with E-state index in [1.165, 1.54) is 24.5 Å². The molecule has 0 saturated carbocycles. The molecule has 0 saturated heterocycles. The lowest BCUT2D eigenvalue weighted by Crippen LogP contribution is -2.30. The third-order valence-corrected chi connectivity index (χ3v) is 2.44. The number of aromatic nitrogens is 1. The largest absolute Gasteiger partial charge is 0.490 e. The molecule has 2 aromatic rings. The predicted molar refractivity (Wildman–Crippen MR) is 64.8 cm³/mol. The lowest BCUT2D eigenvalue weighted by atomic mass is 9.82. The Morgan fingerprint density at radius 2 is 1.95 bits per heavy atom. The summed E-state index contributed by atoms with van der Waals surface area (Å²) in [6.07, 6.45) is 2.63. The topological polar surface area (TPSA) is 62.6 Å². The Morgan fingerprint density at radius 3 is 2.63 bits per heavy atom. The van der Waals surface area contributed by atoms with Gasteiger partial charge in [0.05, 0.1) is 6.20 Å². The van der Waals surface area contributed by atoms with Gasteiger partial charge in [0.15, 0.2) is 0 Å². The van der Waals surface area contributed by atoms with Crippen molar-refractivity contribution >= 4 is 12.6 Å². The second-order valence-electron chi connectivity index (χ2n) is 3.85. The number of hydrogen-bond acceptors (Lipinski definition) is 4. The minimum atomic E-state index is -1.65. The van der Waals surface area contributed by atoms with Crippen LogP contribution in [0.3, 0.4) is 0 Å². The Balaban J connectivity index is 2.08. The molecule has 0 aliphatic rings. The standard InChI is InChI=1S/C12H10BF2NO3/c14-10-2-1-8(12(15)4-10)7-19-11-3-9(13(17)18)5-16-6-11/h1-6,17-18H,7H2. The third kappa shape index (κ3) is 3.49. The maximum Gasteiger partial charge on any atom is 0.490 e. The first-order chi connectivity index (χ1) is 9.06. The van der Waals surface area contributed by atoms with E-state index in [9.17, 15) is 8.78 Å². The highest BCUT2D eigenvalue weighted by Gasteiger charge is 2.12. The first-order valence-corrected chi connectivity index (χ1v) is 5.44. The maximum absolute atomic E-state index is 13.3. The number of nitrogens with zero attached hydrogens (tertiary/aromatic N) is 1. The van der Waals surface area contributed by atoms with Gasteiger partial charge in [0.25, 0.3) is 0 Å². The van der Waals surface area contributed by atoms with E-state index in [-0.39, 0.29) is 23.4 Å². The van der Waals surface area contributed by atoms with E-state index in [0.717, 1.165) is 12.1 Å². The fourth-order valence-electron chi connectivity index (χ4n) is 1.46. The van der Waals surface area contributed by atoms with Crippen molar-refractivity contribution < 1.29 is 23.6 Å². The molecule has 0 radical (unpaired) electrons. The fraction of sp³-hybridized carbons (Fsp3) is 0.0833. The highest BCUT2D eigenvalue weighted by Crippen LogP contribution is 2.13. The Hall–Kier alpha value is -1.99. The quantitative estimate of drug-likeness (QED) is 0.795. The summed E-state index contributed by atoms with van der Waals surface area (Å²) in [5.74, 6) is -1.10. The zero-order valence-corrected chi connectivity index (χ0v) is 9.75. The summed E-state index contributed by atoms with van der Waals surface area (Å²) in [5.41, 5.74) is 0.355. The average Bonchev–Trinajstić information content (AvgIpc) is 2.38. The number of rotatable bonds is 4. The number of pyridine rings is 1. The van der Waals surface area contributed by atoms with Crippen molar-refractivity contribution in [2.75, 3.05) is 0 Å². The lowest BCUT2D eigenvalue weighted by Gasteiger charge is -2.08. The molecule has 2 N–H and O–H groups in total. The van der Waals surface area contributed by atoms with Gasteiger partial charge in [0.1, 0.15) is 24.0 Å².